The van der Waals surface area contributed by atoms with E-state index in [0.29, 0.717) is 6.42 Å². The number of nitrogens with one attached hydrogen (secondary N) is 1. The molecular formula is C14H20N2O4. The minimum Gasteiger partial charge on any atom is -0.480 e. The number of aromatic nitrogens is 1. The van der Waals surface area contributed by atoms with Crippen LogP contribution in [0.2, 0.25) is 0 Å². The second-order valence-corrected chi connectivity index (χ2v) is 4.75. The summed E-state index contributed by atoms with van der Waals surface area (Å²) in [4.78, 5) is 34.3. The molecule has 1 unspecified atom stereocenters. The van der Waals surface area contributed by atoms with E-state index in [9.17, 15) is 14.4 Å². The van der Waals surface area contributed by atoms with Crippen LogP contribution in [-0.2, 0) is 16.1 Å². The number of carbonyl (C=O) groups is 2. The summed E-state index contributed by atoms with van der Waals surface area (Å²) in [6, 6.07) is 3.86. The molecule has 1 aromatic heterocycles. The fourth-order valence-electron chi connectivity index (χ4n) is 1.80. The van der Waals surface area contributed by atoms with Gasteiger partial charge in [0.25, 0.3) is 5.56 Å². The van der Waals surface area contributed by atoms with Crippen molar-refractivity contribution in [3.8, 4) is 0 Å². The van der Waals surface area contributed by atoms with Gasteiger partial charge in [0.2, 0.25) is 5.91 Å². The van der Waals surface area contributed by atoms with Crippen molar-refractivity contribution >= 4 is 11.9 Å². The molecule has 2 atom stereocenters. The number of hydrogen-bond acceptors (Lipinski definition) is 3. The van der Waals surface area contributed by atoms with Gasteiger partial charge in [0.15, 0.2) is 0 Å². The lowest BCUT2D eigenvalue weighted by Crippen LogP contribution is -2.45. The first-order valence-electron chi connectivity index (χ1n) is 6.63. The molecule has 110 valence electrons. The van der Waals surface area contributed by atoms with Crippen molar-refractivity contribution in [3.05, 3.63) is 34.7 Å². The van der Waals surface area contributed by atoms with Crippen LogP contribution >= 0.6 is 0 Å². The molecule has 1 aromatic rings. The zero-order valence-corrected chi connectivity index (χ0v) is 11.7. The average Bonchev–Trinajstić information content (AvgIpc) is 2.42. The van der Waals surface area contributed by atoms with Gasteiger partial charge in [-0.1, -0.05) is 26.3 Å². The topological polar surface area (TPSA) is 88.4 Å². The molecular weight excluding hydrogens is 260 g/mol. The van der Waals surface area contributed by atoms with E-state index in [1.54, 1.807) is 25.3 Å². The van der Waals surface area contributed by atoms with Gasteiger partial charge >= 0.3 is 5.97 Å². The van der Waals surface area contributed by atoms with Crippen LogP contribution in [0.4, 0.5) is 0 Å². The molecule has 0 radical (unpaired) electrons. The quantitative estimate of drug-likeness (QED) is 0.775. The summed E-state index contributed by atoms with van der Waals surface area (Å²) in [6.07, 6.45) is 2.33. The predicted octanol–water partition coefficient (Wildman–Crippen LogP) is 0.854. The van der Waals surface area contributed by atoms with E-state index in [2.05, 4.69) is 5.32 Å². The van der Waals surface area contributed by atoms with Gasteiger partial charge in [-0.2, -0.15) is 0 Å². The van der Waals surface area contributed by atoms with Crippen LogP contribution in [-0.4, -0.2) is 27.6 Å². The number of aliphatic carboxylic acids is 1. The van der Waals surface area contributed by atoms with Crippen molar-refractivity contribution in [1.29, 1.82) is 0 Å². The maximum atomic E-state index is 11.8. The highest BCUT2D eigenvalue weighted by Crippen LogP contribution is 2.08. The summed E-state index contributed by atoms with van der Waals surface area (Å²) in [5.41, 5.74) is -0.183. The van der Waals surface area contributed by atoms with Crippen molar-refractivity contribution in [3.63, 3.8) is 0 Å². The van der Waals surface area contributed by atoms with Gasteiger partial charge in [-0.25, -0.2) is 4.79 Å². The number of carboxylic acids is 1. The standard InChI is InChI=1S/C14H20N2O4/c1-3-10(2)13(14(19)20)15-11(17)7-9-16-8-5-4-6-12(16)18/h4-6,8,10,13H,3,7,9H2,1-2H3,(H,15,17)(H,19,20)/t10?,13-/m0/s1. The molecule has 1 rings (SSSR count). The summed E-state index contributed by atoms with van der Waals surface area (Å²) < 4.78 is 1.42. The number of amides is 1. The van der Waals surface area contributed by atoms with Gasteiger partial charge < -0.3 is 15.0 Å². The maximum absolute atomic E-state index is 11.8. The highest BCUT2D eigenvalue weighted by Gasteiger charge is 2.24. The van der Waals surface area contributed by atoms with Crippen molar-refractivity contribution in [2.45, 2.75) is 39.3 Å². The summed E-state index contributed by atoms with van der Waals surface area (Å²) in [7, 11) is 0. The Morgan fingerprint density at radius 3 is 2.65 bits per heavy atom. The van der Waals surface area contributed by atoms with E-state index >= 15 is 0 Å². The number of aryl methyl sites for hydroxylation is 1. The van der Waals surface area contributed by atoms with Crippen LogP contribution in [0.3, 0.4) is 0 Å². The number of rotatable bonds is 7. The van der Waals surface area contributed by atoms with Crippen LogP contribution < -0.4 is 10.9 Å². The smallest absolute Gasteiger partial charge is 0.326 e. The Morgan fingerprint density at radius 1 is 1.40 bits per heavy atom. The molecule has 0 bridgehead atoms. The minimum absolute atomic E-state index is 0.0735. The van der Waals surface area contributed by atoms with Crippen molar-refractivity contribution in [2.24, 2.45) is 5.92 Å². The molecule has 1 amide bonds. The molecule has 0 aliphatic carbocycles. The van der Waals surface area contributed by atoms with E-state index < -0.39 is 12.0 Å². The Labute approximate surface area is 117 Å². The molecule has 0 saturated heterocycles. The van der Waals surface area contributed by atoms with Gasteiger partial charge in [-0.05, 0) is 12.0 Å². The normalized spacial score (nSPS) is 13.5. The molecule has 6 heteroatoms. The SMILES string of the molecule is CCC(C)[C@H](NC(=O)CCn1ccccc1=O)C(=O)O. The largest absolute Gasteiger partial charge is 0.480 e. The van der Waals surface area contributed by atoms with Gasteiger partial charge in [-0.3, -0.25) is 9.59 Å². The number of nitrogens with zero attached hydrogens (tertiary/aromatic N) is 1. The summed E-state index contributed by atoms with van der Waals surface area (Å²) >= 11 is 0. The third-order valence-corrected chi connectivity index (χ3v) is 3.27. The number of carbonyl (C=O) groups excluding carboxylic acids is 1. The summed E-state index contributed by atoms with van der Waals surface area (Å²) in [6.45, 7) is 3.88. The van der Waals surface area contributed by atoms with Gasteiger partial charge in [0.1, 0.15) is 6.04 Å². The van der Waals surface area contributed by atoms with Crippen LogP contribution in [0, 0.1) is 5.92 Å². The molecule has 0 aromatic carbocycles. The average molecular weight is 280 g/mol. The second-order valence-electron chi connectivity index (χ2n) is 4.75. The lowest BCUT2D eigenvalue weighted by atomic mass is 9.99. The molecule has 0 spiro atoms. The maximum Gasteiger partial charge on any atom is 0.326 e. The van der Waals surface area contributed by atoms with E-state index in [-0.39, 0.29) is 30.3 Å². The van der Waals surface area contributed by atoms with Crippen molar-refractivity contribution < 1.29 is 14.7 Å². The third-order valence-electron chi connectivity index (χ3n) is 3.27. The van der Waals surface area contributed by atoms with Crippen molar-refractivity contribution in [1.82, 2.24) is 9.88 Å². The first-order chi connectivity index (χ1) is 9.45. The summed E-state index contributed by atoms with van der Waals surface area (Å²) in [5, 5.41) is 11.6. The Kier molecular flexibility index (Phi) is 5.96. The molecule has 6 nitrogen and oxygen atoms in total. The highest BCUT2D eigenvalue weighted by molar-refractivity contribution is 5.83. The number of pyridine rings is 1. The summed E-state index contributed by atoms with van der Waals surface area (Å²) in [5.74, 6) is -1.55. The second kappa shape index (κ2) is 7.47. The van der Waals surface area contributed by atoms with E-state index in [4.69, 9.17) is 5.11 Å². The molecule has 20 heavy (non-hydrogen) atoms. The molecule has 2 N–H and O–H groups in total. The predicted molar refractivity (Wildman–Crippen MR) is 74.3 cm³/mol. The Morgan fingerprint density at radius 2 is 2.10 bits per heavy atom. The molecule has 0 aliphatic heterocycles. The fraction of sp³-hybridized carbons (Fsp3) is 0.500. The van der Waals surface area contributed by atoms with E-state index in [1.807, 2.05) is 6.92 Å². The Balaban J connectivity index is 2.57. The number of hydrogen-bond donors (Lipinski definition) is 2. The minimum atomic E-state index is -1.04. The molecule has 0 saturated carbocycles. The van der Waals surface area contributed by atoms with Gasteiger partial charge in [0, 0.05) is 25.2 Å². The van der Waals surface area contributed by atoms with E-state index in [1.165, 1.54) is 10.6 Å². The highest BCUT2D eigenvalue weighted by atomic mass is 16.4. The Hall–Kier alpha value is -2.11. The first-order valence-corrected chi connectivity index (χ1v) is 6.63. The van der Waals surface area contributed by atoms with Crippen LogP contribution in [0.15, 0.2) is 29.2 Å². The van der Waals surface area contributed by atoms with Crippen LogP contribution in [0.25, 0.3) is 0 Å². The first kappa shape index (κ1) is 15.9. The molecule has 1 heterocycles. The van der Waals surface area contributed by atoms with Gasteiger partial charge in [-0.15, -0.1) is 0 Å². The van der Waals surface area contributed by atoms with Crippen LogP contribution in [0.1, 0.15) is 26.7 Å². The Bertz CT molecular complexity index is 524. The monoisotopic (exact) mass is 280 g/mol. The third kappa shape index (κ3) is 4.53. The van der Waals surface area contributed by atoms with Crippen LogP contribution in [0.5, 0.6) is 0 Å². The lowest BCUT2D eigenvalue weighted by Gasteiger charge is -2.20. The van der Waals surface area contributed by atoms with Gasteiger partial charge in [0.05, 0.1) is 0 Å². The number of carboxylic acid groups (broad SMARTS) is 1. The molecule has 0 fully saturated rings. The van der Waals surface area contributed by atoms with E-state index in [0.717, 1.165) is 0 Å². The zero-order valence-electron chi connectivity index (χ0n) is 11.7. The zero-order chi connectivity index (χ0) is 15.1. The fourth-order valence-corrected chi connectivity index (χ4v) is 1.80. The molecule has 0 aliphatic rings. The van der Waals surface area contributed by atoms with Crippen molar-refractivity contribution in [2.75, 3.05) is 0 Å². The lowest BCUT2D eigenvalue weighted by molar-refractivity contribution is -0.143.